The van der Waals surface area contributed by atoms with Crippen molar-refractivity contribution in [2.45, 2.75) is 24.3 Å². The van der Waals surface area contributed by atoms with Crippen LogP contribution >= 0.6 is 46.5 Å². The quantitative estimate of drug-likeness (QED) is 0.298. The van der Waals surface area contributed by atoms with Gasteiger partial charge in [-0.2, -0.15) is 16.8 Å². The summed E-state index contributed by atoms with van der Waals surface area (Å²) in [5, 5.41) is 0.735. The molecule has 0 saturated carbocycles. The van der Waals surface area contributed by atoms with Crippen LogP contribution in [0.1, 0.15) is 12.8 Å². The molecule has 3 aromatic rings. The van der Waals surface area contributed by atoms with E-state index in [4.69, 9.17) is 16.3 Å². The van der Waals surface area contributed by atoms with Crippen molar-refractivity contribution in [3.63, 3.8) is 0 Å². The van der Waals surface area contributed by atoms with E-state index in [1.165, 1.54) is 11.3 Å². The number of methoxy groups -OCH3 is 1. The highest BCUT2D eigenvalue weighted by atomic mass is 35.5. The van der Waals surface area contributed by atoms with E-state index in [0.29, 0.717) is 6.42 Å². The molecule has 0 atom stereocenters. The number of fused-ring (bicyclic) bond motifs is 1. The van der Waals surface area contributed by atoms with Gasteiger partial charge in [-0.1, -0.05) is 22.9 Å². The van der Waals surface area contributed by atoms with Gasteiger partial charge in [0, 0.05) is 28.6 Å². The number of ether oxygens (including phenoxy) is 1. The minimum absolute atomic E-state index is 0.0712. The number of benzene rings is 2. The molecule has 2 aromatic carbocycles. The zero-order chi connectivity index (χ0) is 20.6. The summed E-state index contributed by atoms with van der Waals surface area (Å²) in [6, 6.07) is 13.8. The maximum atomic E-state index is 12.5. The molecule has 154 valence electrons. The monoisotopic (exact) mass is 466 g/mol. The summed E-state index contributed by atoms with van der Waals surface area (Å²) in [7, 11) is 1.66. The van der Waals surface area contributed by atoms with Gasteiger partial charge in [0.25, 0.3) is 0 Å². The van der Waals surface area contributed by atoms with Gasteiger partial charge in [-0.25, -0.2) is 0 Å². The second-order valence-electron chi connectivity index (χ2n) is 6.27. The average Bonchev–Trinajstić information content (AvgIpc) is 3.06. The average molecular weight is 467 g/mol. The van der Waals surface area contributed by atoms with E-state index in [9.17, 15) is 4.79 Å². The summed E-state index contributed by atoms with van der Waals surface area (Å²) in [6.07, 6.45) is 3.32. The minimum Gasteiger partial charge on any atom is -0.497 e. The number of carbonyl (C=O) groups is 1. The Balaban J connectivity index is 1.68. The summed E-state index contributed by atoms with van der Waals surface area (Å²) in [4.78, 5) is 18.8. The number of halogens is 1. The Morgan fingerprint density at radius 2 is 2.00 bits per heavy atom. The largest absolute Gasteiger partial charge is 0.497 e. The minimum atomic E-state index is -0.0712. The van der Waals surface area contributed by atoms with Crippen LogP contribution in [-0.4, -0.2) is 35.3 Å². The number of hydrogen-bond acceptors (Lipinski definition) is 5. The normalized spacial score (nSPS) is 11.9. The standard InChI is InChI=1S/C21H23ClN2O2S3/c1-26-16-7-10-18-19(14-16)29-21(24(18)11-13-27-2)23-20(25)4-3-12-28-17-8-5-15(22)6-9-17/h5-10,14H,3-4,11-13H2,1-2H3. The van der Waals surface area contributed by atoms with E-state index in [0.717, 1.165) is 55.2 Å². The molecule has 4 nitrogen and oxygen atoms in total. The molecular weight excluding hydrogens is 444 g/mol. The highest BCUT2D eigenvalue weighted by Crippen LogP contribution is 2.24. The molecule has 0 spiro atoms. The Morgan fingerprint density at radius 3 is 2.72 bits per heavy atom. The molecule has 1 heterocycles. The predicted molar refractivity (Wildman–Crippen MR) is 127 cm³/mol. The molecule has 0 aliphatic rings. The van der Waals surface area contributed by atoms with Gasteiger partial charge in [0.15, 0.2) is 4.80 Å². The number of aryl methyl sites for hydroxylation is 1. The second-order valence-corrected chi connectivity index (χ2v) is 9.87. The third-order valence-electron chi connectivity index (χ3n) is 4.25. The molecule has 3 rings (SSSR count). The Labute approximate surface area is 188 Å². The molecule has 0 saturated heterocycles. The van der Waals surface area contributed by atoms with E-state index in [1.807, 2.05) is 42.5 Å². The van der Waals surface area contributed by atoms with E-state index in [1.54, 1.807) is 30.6 Å². The van der Waals surface area contributed by atoms with Gasteiger partial charge in [0.1, 0.15) is 5.75 Å². The topological polar surface area (TPSA) is 43.6 Å². The molecule has 8 heteroatoms. The lowest BCUT2D eigenvalue weighted by Gasteiger charge is -2.04. The number of nitrogens with zero attached hydrogens (tertiary/aromatic N) is 2. The molecule has 1 aromatic heterocycles. The molecule has 0 aliphatic heterocycles. The maximum Gasteiger partial charge on any atom is 0.248 e. The van der Waals surface area contributed by atoms with Crippen molar-refractivity contribution < 1.29 is 9.53 Å². The first kappa shape index (κ1) is 22.3. The summed E-state index contributed by atoms with van der Waals surface area (Å²) in [5.74, 6) is 2.58. The van der Waals surface area contributed by atoms with Gasteiger partial charge in [-0.3, -0.25) is 4.79 Å². The Bertz CT molecular complexity index is 1030. The van der Waals surface area contributed by atoms with Crippen molar-refractivity contribution in [1.29, 1.82) is 0 Å². The molecule has 0 aliphatic carbocycles. The smallest absolute Gasteiger partial charge is 0.248 e. The second kappa shape index (κ2) is 11.1. The fraction of sp³-hybridized carbons (Fsp3) is 0.333. The molecular formula is C21H23ClN2O2S3. The van der Waals surface area contributed by atoms with Gasteiger partial charge in [0.2, 0.25) is 5.91 Å². The van der Waals surface area contributed by atoms with Gasteiger partial charge in [-0.15, -0.1) is 11.8 Å². The van der Waals surface area contributed by atoms with Crippen LogP contribution in [0.2, 0.25) is 5.02 Å². The number of thioether (sulfide) groups is 2. The van der Waals surface area contributed by atoms with Gasteiger partial charge in [0.05, 0.1) is 17.3 Å². The van der Waals surface area contributed by atoms with Gasteiger partial charge < -0.3 is 9.30 Å². The van der Waals surface area contributed by atoms with Crippen LogP contribution < -0.4 is 9.54 Å². The van der Waals surface area contributed by atoms with Crippen molar-refractivity contribution in [3.05, 3.63) is 52.3 Å². The number of rotatable bonds is 9. The van der Waals surface area contributed by atoms with E-state index in [2.05, 4.69) is 15.8 Å². The summed E-state index contributed by atoms with van der Waals surface area (Å²) < 4.78 is 8.54. The van der Waals surface area contributed by atoms with Crippen molar-refractivity contribution in [3.8, 4) is 5.75 Å². The lowest BCUT2D eigenvalue weighted by atomic mass is 10.3. The highest BCUT2D eigenvalue weighted by molar-refractivity contribution is 7.99. The third-order valence-corrected chi connectivity index (χ3v) is 7.23. The first-order chi connectivity index (χ1) is 14.1. The first-order valence-corrected chi connectivity index (χ1v) is 12.8. The SMILES string of the molecule is COc1ccc2c(c1)sc(=NC(=O)CCCSc1ccc(Cl)cc1)n2CCSC. The lowest BCUT2D eigenvalue weighted by molar-refractivity contribution is -0.118. The molecule has 0 fully saturated rings. The van der Waals surface area contributed by atoms with Crippen LogP contribution in [0, 0.1) is 0 Å². The van der Waals surface area contributed by atoms with Crippen molar-refractivity contribution in [1.82, 2.24) is 4.57 Å². The fourth-order valence-electron chi connectivity index (χ4n) is 2.77. The predicted octanol–water partition coefficient (Wildman–Crippen LogP) is 5.73. The Morgan fingerprint density at radius 1 is 1.21 bits per heavy atom. The van der Waals surface area contributed by atoms with Gasteiger partial charge in [-0.05, 0) is 60.9 Å². The van der Waals surface area contributed by atoms with E-state index in [-0.39, 0.29) is 5.91 Å². The Kier molecular flexibility index (Phi) is 8.53. The maximum absolute atomic E-state index is 12.5. The Hall–Kier alpha value is -1.41. The van der Waals surface area contributed by atoms with Crippen LogP contribution in [0.15, 0.2) is 52.4 Å². The van der Waals surface area contributed by atoms with Crippen LogP contribution in [0.4, 0.5) is 0 Å². The van der Waals surface area contributed by atoms with Crippen LogP contribution in [-0.2, 0) is 11.3 Å². The number of thiazole rings is 1. The van der Waals surface area contributed by atoms with Crippen molar-refractivity contribution in [2.75, 3.05) is 24.9 Å². The van der Waals surface area contributed by atoms with Crippen molar-refractivity contribution in [2.24, 2.45) is 4.99 Å². The third kappa shape index (κ3) is 6.28. The van der Waals surface area contributed by atoms with Gasteiger partial charge >= 0.3 is 0 Å². The van der Waals surface area contributed by atoms with E-state index >= 15 is 0 Å². The molecule has 0 unspecified atom stereocenters. The number of aromatic nitrogens is 1. The lowest BCUT2D eigenvalue weighted by Crippen LogP contribution is -2.18. The molecule has 0 bridgehead atoms. The zero-order valence-corrected chi connectivity index (χ0v) is 19.6. The number of hydrogen-bond donors (Lipinski definition) is 0. The summed E-state index contributed by atoms with van der Waals surface area (Å²) >= 11 is 11.0. The molecule has 0 radical (unpaired) electrons. The highest BCUT2D eigenvalue weighted by Gasteiger charge is 2.09. The molecule has 0 N–H and O–H groups in total. The van der Waals surface area contributed by atoms with Crippen LogP contribution in [0.25, 0.3) is 10.2 Å². The van der Waals surface area contributed by atoms with Crippen molar-refractivity contribution >= 4 is 62.6 Å². The van der Waals surface area contributed by atoms with Crippen LogP contribution in [0.3, 0.4) is 0 Å². The summed E-state index contributed by atoms with van der Waals surface area (Å²) in [6.45, 7) is 0.825. The fourth-order valence-corrected chi connectivity index (χ4v) is 5.22. The summed E-state index contributed by atoms with van der Waals surface area (Å²) in [5.41, 5.74) is 1.09. The zero-order valence-electron chi connectivity index (χ0n) is 16.4. The first-order valence-electron chi connectivity index (χ1n) is 9.23. The number of carbonyl (C=O) groups excluding carboxylic acids is 1. The van der Waals surface area contributed by atoms with E-state index < -0.39 is 0 Å². The molecule has 29 heavy (non-hydrogen) atoms. The number of amides is 1. The van der Waals surface area contributed by atoms with Crippen LogP contribution in [0.5, 0.6) is 5.75 Å². The molecule has 1 amide bonds.